The molecule has 2 aromatic rings. The largest absolute Gasteiger partial charge is 0.448 e. The van der Waals surface area contributed by atoms with Gasteiger partial charge in [0.05, 0.1) is 0 Å². The average Bonchev–Trinajstić information content (AvgIpc) is 3.16. The zero-order valence-electron chi connectivity index (χ0n) is 15.8. The Hall–Kier alpha value is -1.61. The van der Waals surface area contributed by atoms with E-state index in [-0.39, 0.29) is 0 Å². The molecule has 1 aromatic carbocycles. The van der Waals surface area contributed by atoms with Crippen LogP contribution in [0.15, 0.2) is 41.0 Å². The highest BCUT2D eigenvalue weighted by Gasteiger charge is 2.27. The highest BCUT2D eigenvalue weighted by molar-refractivity contribution is 5.57. The molecule has 1 unspecified atom stereocenters. The highest BCUT2D eigenvalue weighted by Crippen LogP contribution is 2.31. The summed E-state index contributed by atoms with van der Waals surface area (Å²) in [6, 6.07) is 11.1. The molecule has 1 atom stereocenters. The van der Waals surface area contributed by atoms with Gasteiger partial charge in [-0.1, -0.05) is 63.4 Å². The second kappa shape index (κ2) is 9.19. The lowest BCUT2D eigenvalue weighted by Crippen LogP contribution is -2.41. The number of likely N-dealkylation sites (tertiary alicyclic amines) is 1. The first-order chi connectivity index (χ1) is 12.3. The summed E-state index contributed by atoms with van der Waals surface area (Å²) >= 11 is 0. The fraction of sp³-hybridized carbons (Fsp3) is 0.591. The van der Waals surface area contributed by atoms with Gasteiger partial charge in [0.2, 0.25) is 0 Å². The van der Waals surface area contributed by atoms with Gasteiger partial charge in [0, 0.05) is 17.5 Å². The third-order valence-corrected chi connectivity index (χ3v) is 5.50. The Morgan fingerprint density at radius 3 is 2.52 bits per heavy atom. The first kappa shape index (κ1) is 18.2. The molecule has 1 saturated heterocycles. The van der Waals surface area contributed by atoms with Crippen LogP contribution in [0.3, 0.4) is 0 Å². The van der Waals surface area contributed by atoms with E-state index in [1.165, 1.54) is 58.0 Å². The normalized spacial score (nSPS) is 17.7. The number of unbranched alkanes of at least 4 members (excludes halogenated alkanes) is 1. The SMILES string of the molecule is CCCCC(CCC)N1CCC(c2nc(-c3ccccc3)co2)CC1. The summed E-state index contributed by atoms with van der Waals surface area (Å²) in [5, 5.41) is 0. The Labute approximate surface area is 152 Å². The molecule has 0 N–H and O–H groups in total. The Kier molecular flexibility index (Phi) is 6.69. The number of benzene rings is 1. The van der Waals surface area contributed by atoms with E-state index < -0.39 is 0 Å². The maximum Gasteiger partial charge on any atom is 0.197 e. The molecule has 3 nitrogen and oxygen atoms in total. The molecular formula is C22H32N2O. The van der Waals surface area contributed by atoms with Gasteiger partial charge >= 0.3 is 0 Å². The Bertz CT molecular complexity index is 614. The Morgan fingerprint density at radius 1 is 1.08 bits per heavy atom. The van der Waals surface area contributed by atoms with Crippen molar-refractivity contribution in [1.82, 2.24) is 9.88 Å². The lowest BCUT2D eigenvalue weighted by Gasteiger charge is -2.37. The fourth-order valence-electron chi connectivity index (χ4n) is 4.01. The van der Waals surface area contributed by atoms with Crippen LogP contribution in [-0.4, -0.2) is 29.0 Å². The minimum absolute atomic E-state index is 0.474. The third kappa shape index (κ3) is 4.72. The second-order valence-corrected chi connectivity index (χ2v) is 7.33. The predicted octanol–water partition coefficient (Wildman–Crippen LogP) is 5.88. The highest BCUT2D eigenvalue weighted by atomic mass is 16.3. The van der Waals surface area contributed by atoms with E-state index in [0.29, 0.717) is 5.92 Å². The molecule has 1 aliphatic rings. The van der Waals surface area contributed by atoms with Crippen molar-refractivity contribution in [3.63, 3.8) is 0 Å². The molecule has 3 heteroatoms. The van der Waals surface area contributed by atoms with Crippen molar-refractivity contribution in [3.8, 4) is 11.3 Å². The average molecular weight is 341 g/mol. The quantitative estimate of drug-likeness (QED) is 0.601. The van der Waals surface area contributed by atoms with Crippen LogP contribution in [0.25, 0.3) is 11.3 Å². The third-order valence-electron chi connectivity index (χ3n) is 5.50. The summed E-state index contributed by atoms with van der Waals surface area (Å²) in [6.07, 6.45) is 10.8. The zero-order chi connectivity index (χ0) is 17.5. The van der Waals surface area contributed by atoms with Crippen molar-refractivity contribution in [1.29, 1.82) is 0 Å². The van der Waals surface area contributed by atoms with E-state index in [1.54, 1.807) is 0 Å². The topological polar surface area (TPSA) is 29.3 Å². The summed E-state index contributed by atoms with van der Waals surface area (Å²) in [5.41, 5.74) is 2.10. The van der Waals surface area contributed by atoms with Crippen LogP contribution in [-0.2, 0) is 0 Å². The molecule has 3 rings (SSSR count). The smallest absolute Gasteiger partial charge is 0.197 e. The molecule has 0 radical (unpaired) electrons. The van der Waals surface area contributed by atoms with E-state index in [9.17, 15) is 0 Å². The van der Waals surface area contributed by atoms with Crippen LogP contribution in [0.1, 0.15) is 70.6 Å². The van der Waals surface area contributed by atoms with Crippen molar-refractivity contribution in [3.05, 3.63) is 42.5 Å². The minimum Gasteiger partial charge on any atom is -0.448 e. The van der Waals surface area contributed by atoms with E-state index in [2.05, 4.69) is 30.9 Å². The van der Waals surface area contributed by atoms with Gasteiger partial charge in [-0.05, 0) is 38.8 Å². The van der Waals surface area contributed by atoms with Gasteiger partial charge in [-0.15, -0.1) is 0 Å². The predicted molar refractivity (Wildman–Crippen MR) is 104 cm³/mol. The summed E-state index contributed by atoms with van der Waals surface area (Å²) < 4.78 is 5.84. The molecule has 0 aliphatic carbocycles. The summed E-state index contributed by atoms with van der Waals surface area (Å²) in [7, 11) is 0. The minimum atomic E-state index is 0.474. The van der Waals surface area contributed by atoms with Gasteiger partial charge in [-0.25, -0.2) is 4.98 Å². The molecular weight excluding hydrogens is 308 g/mol. The van der Waals surface area contributed by atoms with Gasteiger partial charge < -0.3 is 9.32 Å². The van der Waals surface area contributed by atoms with Crippen LogP contribution in [0.5, 0.6) is 0 Å². The molecule has 136 valence electrons. The number of oxazole rings is 1. The summed E-state index contributed by atoms with van der Waals surface area (Å²) in [5.74, 6) is 1.40. The number of piperidine rings is 1. The maximum atomic E-state index is 5.84. The summed E-state index contributed by atoms with van der Waals surface area (Å²) in [6.45, 7) is 6.97. The van der Waals surface area contributed by atoms with Crippen molar-refractivity contribution < 1.29 is 4.42 Å². The second-order valence-electron chi connectivity index (χ2n) is 7.33. The molecule has 0 spiro atoms. The Balaban J connectivity index is 1.58. The van der Waals surface area contributed by atoms with Crippen LogP contribution in [0.4, 0.5) is 0 Å². The monoisotopic (exact) mass is 340 g/mol. The Morgan fingerprint density at radius 2 is 1.84 bits per heavy atom. The van der Waals surface area contributed by atoms with Crippen molar-refractivity contribution in [2.45, 2.75) is 70.8 Å². The molecule has 1 aromatic heterocycles. The van der Waals surface area contributed by atoms with Gasteiger partial charge in [-0.2, -0.15) is 0 Å². The van der Waals surface area contributed by atoms with E-state index in [1.807, 2.05) is 24.5 Å². The zero-order valence-corrected chi connectivity index (χ0v) is 15.8. The molecule has 1 fully saturated rings. The summed E-state index contributed by atoms with van der Waals surface area (Å²) in [4.78, 5) is 7.49. The molecule has 0 saturated carbocycles. The first-order valence-corrected chi connectivity index (χ1v) is 10.1. The van der Waals surface area contributed by atoms with Crippen molar-refractivity contribution >= 4 is 0 Å². The first-order valence-electron chi connectivity index (χ1n) is 10.1. The maximum absolute atomic E-state index is 5.84. The standard InChI is InChI=1S/C22H32N2O/c1-3-5-12-20(9-4-2)24-15-13-19(14-16-24)22-23-21(17-25-22)18-10-7-6-8-11-18/h6-8,10-11,17,19-20H,3-5,9,12-16H2,1-2H3. The van der Waals surface area contributed by atoms with E-state index in [4.69, 9.17) is 9.40 Å². The van der Waals surface area contributed by atoms with Crippen molar-refractivity contribution in [2.24, 2.45) is 0 Å². The van der Waals surface area contributed by atoms with Gasteiger partial charge in [0.25, 0.3) is 0 Å². The van der Waals surface area contributed by atoms with Gasteiger partial charge in [-0.3, -0.25) is 0 Å². The number of rotatable bonds is 8. The molecule has 1 aliphatic heterocycles. The molecule has 0 amide bonds. The molecule has 25 heavy (non-hydrogen) atoms. The number of aromatic nitrogens is 1. The number of nitrogens with zero attached hydrogens (tertiary/aromatic N) is 2. The lowest BCUT2D eigenvalue weighted by molar-refractivity contribution is 0.129. The van der Waals surface area contributed by atoms with Crippen LogP contribution < -0.4 is 0 Å². The van der Waals surface area contributed by atoms with Gasteiger partial charge in [0.15, 0.2) is 5.89 Å². The van der Waals surface area contributed by atoms with Crippen molar-refractivity contribution in [2.75, 3.05) is 13.1 Å². The fourth-order valence-corrected chi connectivity index (χ4v) is 4.01. The molecule has 2 heterocycles. The van der Waals surface area contributed by atoms with Crippen LogP contribution >= 0.6 is 0 Å². The van der Waals surface area contributed by atoms with Crippen LogP contribution in [0.2, 0.25) is 0 Å². The van der Waals surface area contributed by atoms with Gasteiger partial charge in [0.1, 0.15) is 12.0 Å². The van der Waals surface area contributed by atoms with E-state index in [0.717, 1.165) is 23.2 Å². The molecule has 0 bridgehead atoms. The lowest BCUT2D eigenvalue weighted by atomic mass is 9.93. The van der Waals surface area contributed by atoms with E-state index >= 15 is 0 Å². The number of hydrogen-bond donors (Lipinski definition) is 0. The number of hydrogen-bond acceptors (Lipinski definition) is 3. The van der Waals surface area contributed by atoms with Crippen LogP contribution in [0, 0.1) is 0 Å².